The van der Waals surface area contributed by atoms with E-state index in [-0.39, 0.29) is 11.6 Å². The van der Waals surface area contributed by atoms with Crippen molar-refractivity contribution in [2.75, 3.05) is 5.75 Å². The lowest BCUT2D eigenvalue weighted by Crippen LogP contribution is -2.11. The van der Waals surface area contributed by atoms with E-state index in [2.05, 4.69) is 4.98 Å². The molecule has 0 fully saturated rings. The van der Waals surface area contributed by atoms with Crippen LogP contribution in [0.5, 0.6) is 0 Å². The third-order valence-corrected chi connectivity index (χ3v) is 4.58. The average molecular weight is 312 g/mol. The van der Waals surface area contributed by atoms with Crippen LogP contribution in [0.15, 0.2) is 53.8 Å². The minimum absolute atomic E-state index is 0.117. The Bertz CT molecular complexity index is 749. The van der Waals surface area contributed by atoms with Crippen LogP contribution in [0, 0.1) is 0 Å². The molecule has 1 aromatic carbocycles. The second-order valence-electron chi connectivity index (χ2n) is 4.49. The van der Waals surface area contributed by atoms with Gasteiger partial charge in [0.05, 0.1) is 11.4 Å². The number of aryl methyl sites for hydroxylation is 1. The zero-order chi connectivity index (χ0) is 15.5. The van der Waals surface area contributed by atoms with Crippen molar-refractivity contribution in [1.82, 2.24) is 9.55 Å². The van der Waals surface area contributed by atoms with Crippen molar-refractivity contribution < 1.29 is 17.2 Å². The number of imidazole rings is 1. The van der Waals surface area contributed by atoms with Gasteiger partial charge in [0, 0.05) is 18.8 Å². The molecule has 0 bridgehead atoms. The Labute approximate surface area is 121 Å². The highest BCUT2D eigenvalue weighted by Gasteiger charge is 2.21. The number of halogens is 2. The topological polar surface area (TPSA) is 52.0 Å². The standard InChI is InChI=1S/C14H14F2N2O2S/c1-18-10-12(11-6-3-2-4-7-11)17-14(18)21(19,20)9-5-8-13(15)16/h2-4,6-8,10H,5,9H2,1H3. The van der Waals surface area contributed by atoms with E-state index in [1.165, 1.54) is 4.57 Å². The molecule has 0 saturated heterocycles. The number of nitrogens with zero attached hydrogens (tertiary/aromatic N) is 2. The number of hydrogen-bond acceptors (Lipinski definition) is 3. The van der Waals surface area contributed by atoms with Gasteiger partial charge in [0.1, 0.15) is 0 Å². The van der Waals surface area contributed by atoms with Crippen molar-refractivity contribution in [3.63, 3.8) is 0 Å². The number of rotatable bonds is 5. The van der Waals surface area contributed by atoms with E-state index in [4.69, 9.17) is 0 Å². The predicted octanol–water partition coefficient (Wildman–Crippen LogP) is 3.03. The highest BCUT2D eigenvalue weighted by molar-refractivity contribution is 7.91. The molecule has 1 heterocycles. The first-order chi connectivity index (χ1) is 9.90. The second kappa shape index (κ2) is 6.17. The van der Waals surface area contributed by atoms with E-state index in [0.29, 0.717) is 11.8 Å². The monoisotopic (exact) mass is 312 g/mol. The summed E-state index contributed by atoms with van der Waals surface area (Å²) in [5.41, 5.74) is 1.33. The van der Waals surface area contributed by atoms with Gasteiger partial charge in [0.15, 0.2) is 0 Å². The molecular formula is C14H14F2N2O2S. The lowest BCUT2D eigenvalue weighted by molar-refractivity contribution is 0.418. The predicted molar refractivity (Wildman–Crippen MR) is 75.6 cm³/mol. The maximum absolute atomic E-state index is 12.1. The lowest BCUT2D eigenvalue weighted by atomic mass is 10.2. The first kappa shape index (κ1) is 15.4. The molecular weight excluding hydrogens is 298 g/mol. The van der Waals surface area contributed by atoms with Gasteiger partial charge in [-0.25, -0.2) is 13.4 Å². The van der Waals surface area contributed by atoms with Gasteiger partial charge in [-0.1, -0.05) is 30.3 Å². The van der Waals surface area contributed by atoms with Gasteiger partial charge in [-0.2, -0.15) is 8.78 Å². The van der Waals surface area contributed by atoms with E-state index in [1.54, 1.807) is 13.2 Å². The molecule has 0 N–H and O–H groups in total. The Balaban J connectivity index is 2.29. The van der Waals surface area contributed by atoms with E-state index in [9.17, 15) is 17.2 Å². The molecule has 21 heavy (non-hydrogen) atoms. The molecule has 4 nitrogen and oxygen atoms in total. The lowest BCUT2D eigenvalue weighted by Gasteiger charge is -2.01. The fraction of sp³-hybridized carbons (Fsp3) is 0.214. The van der Waals surface area contributed by atoms with E-state index >= 15 is 0 Å². The van der Waals surface area contributed by atoms with Crippen LogP contribution in [-0.2, 0) is 16.9 Å². The van der Waals surface area contributed by atoms with Gasteiger partial charge in [0.25, 0.3) is 6.08 Å². The van der Waals surface area contributed by atoms with Gasteiger partial charge in [-0.3, -0.25) is 0 Å². The smallest absolute Gasteiger partial charge is 0.266 e. The third kappa shape index (κ3) is 3.75. The number of benzene rings is 1. The molecule has 1 aromatic heterocycles. The summed E-state index contributed by atoms with van der Waals surface area (Å²) in [6.45, 7) is 0. The first-order valence-corrected chi connectivity index (χ1v) is 7.88. The summed E-state index contributed by atoms with van der Waals surface area (Å²) in [4.78, 5) is 4.12. The van der Waals surface area contributed by atoms with E-state index < -0.39 is 21.7 Å². The molecule has 2 rings (SSSR count). The highest BCUT2D eigenvalue weighted by Crippen LogP contribution is 2.21. The molecule has 2 aromatic rings. The van der Waals surface area contributed by atoms with Crippen LogP contribution in [-0.4, -0.2) is 23.7 Å². The Morgan fingerprint density at radius 2 is 1.95 bits per heavy atom. The fourth-order valence-corrected chi connectivity index (χ4v) is 3.24. The summed E-state index contributed by atoms with van der Waals surface area (Å²) in [6.07, 6.45) is 0.0833. The van der Waals surface area contributed by atoms with Gasteiger partial charge < -0.3 is 4.57 Å². The normalized spacial score (nSPS) is 11.4. The highest BCUT2D eigenvalue weighted by atomic mass is 32.2. The number of aromatic nitrogens is 2. The Morgan fingerprint density at radius 1 is 1.29 bits per heavy atom. The molecule has 7 heteroatoms. The molecule has 0 aliphatic heterocycles. The fourth-order valence-electron chi connectivity index (χ4n) is 1.90. The Kier molecular flexibility index (Phi) is 4.52. The van der Waals surface area contributed by atoms with Crippen LogP contribution < -0.4 is 0 Å². The molecule has 0 amide bonds. The van der Waals surface area contributed by atoms with E-state index in [1.807, 2.05) is 30.3 Å². The zero-order valence-corrected chi connectivity index (χ0v) is 12.1. The molecule has 0 atom stereocenters. The third-order valence-electron chi connectivity index (χ3n) is 2.87. The van der Waals surface area contributed by atoms with Gasteiger partial charge in [0.2, 0.25) is 15.0 Å². The SMILES string of the molecule is Cn1cc(-c2ccccc2)nc1S(=O)(=O)CCC=C(F)F. The van der Waals surface area contributed by atoms with Crippen LogP contribution in [0.25, 0.3) is 11.3 Å². The van der Waals surface area contributed by atoms with E-state index in [0.717, 1.165) is 5.56 Å². The quantitative estimate of drug-likeness (QED) is 0.852. The summed E-state index contributed by atoms with van der Waals surface area (Å²) in [5, 5.41) is -0.117. The molecule has 0 radical (unpaired) electrons. The summed E-state index contributed by atoms with van der Waals surface area (Å²) < 4.78 is 49.6. The number of sulfone groups is 1. The van der Waals surface area contributed by atoms with Crippen LogP contribution >= 0.6 is 0 Å². The first-order valence-electron chi connectivity index (χ1n) is 6.23. The van der Waals surface area contributed by atoms with Gasteiger partial charge >= 0.3 is 0 Å². The van der Waals surface area contributed by atoms with Crippen molar-refractivity contribution in [2.45, 2.75) is 11.6 Å². The molecule has 0 aliphatic carbocycles. The molecule has 112 valence electrons. The Hall–Kier alpha value is -2.02. The van der Waals surface area contributed by atoms with Crippen molar-refractivity contribution in [1.29, 1.82) is 0 Å². The number of allylic oxidation sites excluding steroid dienone is 1. The maximum atomic E-state index is 12.1. The van der Waals surface area contributed by atoms with Crippen molar-refractivity contribution in [3.05, 3.63) is 48.7 Å². The molecule has 0 saturated carbocycles. The van der Waals surface area contributed by atoms with Crippen LogP contribution in [0.2, 0.25) is 0 Å². The van der Waals surface area contributed by atoms with Crippen molar-refractivity contribution in [2.24, 2.45) is 7.05 Å². The number of hydrogen-bond donors (Lipinski definition) is 0. The van der Waals surface area contributed by atoms with Crippen LogP contribution in [0.3, 0.4) is 0 Å². The van der Waals surface area contributed by atoms with Gasteiger partial charge in [-0.15, -0.1) is 0 Å². The molecule has 0 spiro atoms. The van der Waals surface area contributed by atoms with Gasteiger partial charge in [-0.05, 0) is 12.5 Å². The second-order valence-corrected chi connectivity index (χ2v) is 6.49. The summed E-state index contributed by atoms with van der Waals surface area (Å²) in [6, 6.07) is 9.14. The summed E-state index contributed by atoms with van der Waals surface area (Å²) >= 11 is 0. The largest absolute Gasteiger partial charge is 0.324 e. The molecule has 0 aliphatic rings. The van der Waals surface area contributed by atoms with Crippen LogP contribution in [0.4, 0.5) is 8.78 Å². The average Bonchev–Trinajstić information content (AvgIpc) is 2.82. The zero-order valence-electron chi connectivity index (χ0n) is 11.3. The van der Waals surface area contributed by atoms with Crippen molar-refractivity contribution >= 4 is 9.84 Å². The van der Waals surface area contributed by atoms with Crippen molar-refractivity contribution in [3.8, 4) is 11.3 Å². The maximum Gasteiger partial charge on any atom is 0.266 e. The summed E-state index contributed by atoms with van der Waals surface area (Å²) in [7, 11) is -2.13. The van der Waals surface area contributed by atoms with Crippen LogP contribution in [0.1, 0.15) is 6.42 Å². The minimum atomic E-state index is -3.70. The Morgan fingerprint density at radius 3 is 2.57 bits per heavy atom. The summed E-state index contributed by atoms with van der Waals surface area (Å²) in [5.74, 6) is -0.399. The minimum Gasteiger partial charge on any atom is -0.324 e. The molecule has 0 unspecified atom stereocenters.